The predicted octanol–water partition coefficient (Wildman–Crippen LogP) is -0.495. The summed E-state index contributed by atoms with van der Waals surface area (Å²) in [6, 6.07) is 0. The van der Waals surface area contributed by atoms with Crippen LogP contribution in [0.2, 0.25) is 0 Å². The zero-order valence-electron chi connectivity index (χ0n) is 6.82. The number of hydrogen-bond acceptors (Lipinski definition) is 2. The van der Waals surface area contributed by atoms with E-state index < -0.39 is 11.8 Å². The van der Waals surface area contributed by atoms with Gasteiger partial charge in [0.05, 0.1) is 0 Å². The summed E-state index contributed by atoms with van der Waals surface area (Å²) in [5.74, 6) is -1.24. The Kier molecular flexibility index (Phi) is 9.29. The summed E-state index contributed by atoms with van der Waals surface area (Å²) >= 11 is 0. The molecule has 2 N–H and O–H groups in total. The van der Waals surface area contributed by atoms with Crippen LogP contribution in [0, 0.1) is 0 Å². The van der Waals surface area contributed by atoms with Gasteiger partial charge in [-0.3, -0.25) is 9.59 Å². The van der Waals surface area contributed by atoms with E-state index in [1.807, 2.05) is 13.8 Å². The minimum atomic E-state index is -0.618. The number of hydrogen-bond donors (Lipinski definition) is 2. The van der Waals surface area contributed by atoms with Crippen LogP contribution < -0.4 is 10.6 Å². The molecule has 0 radical (unpaired) electrons. The second-order valence-electron chi connectivity index (χ2n) is 1.16. The maximum absolute atomic E-state index is 10.2. The van der Waals surface area contributed by atoms with E-state index in [9.17, 15) is 9.59 Å². The van der Waals surface area contributed by atoms with Gasteiger partial charge in [0.2, 0.25) is 0 Å². The van der Waals surface area contributed by atoms with E-state index in [1.165, 1.54) is 14.1 Å². The van der Waals surface area contributed by atoms with Crippen molar-refractivity contribution in [3.8, 4) is 0 Å². The molecule has 0 aromatic carbocycles. The Balaban J connectivity index is 0. The molecule has 0 bridgehead atoms. The van der Waals surface area contributed by atoms with Gasteiger partial charge in [-0.05, 0) is 0 Å². The zero-order valence-corrected chi connectivity index (χ0v) is 6.82. The average Bonchev–Trinajstić information content (AvgIpc) is 2.05. The number of nitrogens with one attached hydrogen (secondary N) is 2. The topological polar surface area (TPSA) is 58.2 Å². The molecule has 0 spiro atoms. The molecule has 0 heterocycles. The van der Waals surface area contributed by atoms with Gasteiger partial charge in [-0.2, -0.15) is 0 Å². The third-order valence-corrected chi connectivity index (χ3v) is 0.660. The Morgan fingerprint density at radius 3 is 1.20 bits per heavy atom. The molecule has 0 aliphatic heterocycles. The van der Waals surface area contributed by atoms with E-state index in [4.69, 9.17) is 0 Å². The Bertz CT molecular complexity index is 98.3. The largest absolute Gasteiger partial charge is 0.351 e. The summed E-state index contributed by atoms with van der Waals surface area (Å²) in [5, 5.41) is 4.33. The van der Waals surface area contributed by atoms with Crippen LogP contribution in [0.15, 0.2) is 0 Å². The lowest BCUT2D eigenvalue weighted by atomic mass is 10.6. The van der Waals surface area contributed by atoms with Crippen molar-refractivity contribution in [2.45, 2.75) is 13.8 Å². The molecule has 0 saturated carbocycles. The third-order valence-electron chi connectivity index (χ3n) is 0.660. The molecule has 0 fully saturated rings. The van der Waals surface area contributed by atoms with Gasteiger partial charge in [0.25, 0.3) is 0 Å². The first kappa shape index (κ1) is 11.7. The molecular weight excluding hydrogens is 132 g/mol. The second-order valence-corrected chi connectivity index (χ2v) is 1.16. The molecule has 0 atom stereocenters. The summed E-state index contributed by atoms with van der Waals surface area (Å²) in [5.41, 5.74) is 0. The van der Waals surface area contributed by atoms with E-state index in [1.54, 1.807) is 0 Å². The molecule has 60 valence electrons. The number of carbonyl (C=O) groups is 2. The van der Waals surface area contributed by atoms with Crippen molar-refractivity contribution >= 4 is 11.8 Å². The summed E-state index contributed by atoms with van der Waals surface area (Å²) in [6.07, 6.45) is 0. The monoisotopic (exact) mass is 146 g/mol. The molecule has 0 aliphatic rings. The molecule has 0 unspecified atom stereocenters. The average molecular weight is 146 g/mol. The molecule has 0 saturated heterocycles. The lowest BCUT2D eigenvalue weighted by Crippen LogP contribution is -2.35. The lowest BCUT2D eigenvalue weighted by molar-refractivity contribution is -0.138. The summed E-state index contributed by atoms with van der Waals surface area (Å²) < 4.78 is 0. The first-order valence-corrected chi connectivity index (χ1v) is 3.16. The van der Waals surface area contributed by atoms with E-state index >= 15 is 0 Å². The highest BCUT2D eigenvalue weighted by Crippen LogP contribution is 1.59. The third kappa shape index (κ3) is 5.08. The normalized spacial score (nSPS) is 6.80. The number of amides is 2. The van der Waals surface area contributed by atoms with Crippen molar-refractivity contribution in [2.75, 3.05) is 14.1 Å². The van der Waals surface area contributed by atoms with Crippen LogP contribution in [0.25, 0.3) is 0 Å². The summed E-state index contributed by atoms with van der Waals surface area (Å²) in [4.78, 5) is 20.4. The SMILES string of the molecule is CC.CNC(=O)C(=O)NC. The molecule has 4 nitrogen and oxygen atoms in total. The standard InChI is InChI=1S/C4H8N2O2.C2H6/c1-5-3(7)4(8)6-2;1-2/h1-2H3,(H,5,7)(H,6,8);1-2H3. The van der Waals surface area contributed by atoms with Crippen LogP contribution in [-0.2, 0) is 9.59 Å². The molecular formula is C6H14N2O2. The molecule has 2 amide bonds. The molecule has 0 aromatic rings. The number of rotatable bonds is 0. The van der Waals surface area contributed by atoms with Gasteiger partial charge in [-0.15, -0.1) is 0 Å². The fraction of sp³-hybridized carbons (Fsp3) is 0.667. The number of carbonyl (C=O) groups excluding carboxylic acids is 2. The minimum absolute atomic E-state index is 0.618. The van der Waals surface area contributed by atoms with Gasteiger partial charge >= 0.3 is 11.8 Å². The van der Waals surface area contributed by atoms with Crippen molar-refractivity contribution in [3.63, 3.8) is 0 Å². The van der Waals surface area contributed by atoms with Crippen LogP contribution in [0.3, 0.4) is 0 Å². The van der Waals surface area contributed by atoms with Crippen molar-refractivity contribution in [3.05, 3.63) is 0 Å². The van der Waals surface area contributed by atoms with Crippen molar-refractivity contribution in [1.82, 2.24) is 10.6 Å². The van der Waals surface area contributed by atoms with E-state index in [0.717, 1.165) is 0 Å². The lowest BCUT2D eigenvalue weighted by Gasteiger charge is -1.93. The maximum Gasteiger partial charge on any atom is 0.309 e. The highest BCUT2D eigenvalue weighted by molar-refractivity contribution is 6.34. The van der Waals surface area contributed by atoms with Gasteiger partial charge in [-0.25, -0.2) is 0 Å². The first-order valence-electron chi connectivity index (χ1n) is 3.16. The highest BCUT2D eigenvalue weighted by atomic mass is 16.2. The van der Waals surface area contributed by atoms with Crippen molar-refractivity contribution in [2.24, 2.45) is 0 Å². The zero-order chi connectivity index (χ0) is 8.57. The van der Waals surface area contributed by atoms with Crippen LogP contribution in [0.5, 0.6) is 0 Å². The Morgan fingerprint density at radius 1 is 0.900 bits per heavy atom. The van der Waals surface area contributed by atoms with Crippen LogP contribution >= 0.6 is 0 Å². The maximum atomic E-state index is 10.2. The number of likely N-dealkylation sites (N-methyl/N-ethyl adjacent to an activating group) is 2. The van der Waals surface area contributed by atoms with Crippen LogP contribution in [0.4, 0.5) is 0 Å². The van der Waals surface area contributed by atoms with E-state index in [-0.39, 0.29) is 0 Å². The molecule has 4 heteroatoms. The quantitative estimate of drug-likeness (QED) is 0.453. The van der Waals surface area contributed by atoms with Crippen LogP contribution in [-0.4, -0.2) is 25.9 Å². The fourth-order valence-electron chi connectivity index (χ4n) is 0.227. The molecule has 0 aliphatic carbocycles. The molecule has 10 heavy (non-hydrogen) atoms. The van der Waals surface area contributed by atoms with Crippen LogP contribution in [0.1, 0.15) is 13.8 Å². The van der Waals surface area contributed by atoms with Gasteiger partial charge < -0.3 is 10.6 Å². The minimum Gasteiger partial charge on any atom is -0.351 e. The summed E-state index contributed by atoms with van der Waals surface area (Å²) in [6.45, 7) is 4.00. The second kappa shape index (κ2) is 7.94. The Morgan fingerprint density at radius 2 is 1.10 bits per heavy atom. The Labute approximate surface area is 61.0 Å². The van der Waals surface area contributed by atoms with E-state index in [0.29, 0.717) is 0 Å². The van der Waals surface area contributed by atoms with Crippen molar-refractivity contribution in [1.29, 1.82) is 0 Å². The molecule has 0 rings (SSSR count). The summed E-state index contributed by atoms with van der Waals surface area (Å²) in [7, 11) is 2.80. The highest BCUT2D eigenvalue weighted by Gasteiger charge is 2.05. The fourth-order valence-corrected chi connectivity index (χ4v) is 0.227. The van der Waals surface area contributed by atoms with Gasteiger partial charge in [-0.1, -0.05) is 13.8 Å². The van der Waals surface area contributed by atoms with E-state index in [2.05, 4.69) is 10.6 Å². The predicted molar refractivity (Wildman–Crippen MR) is 39.5 cm³/mol. The van der Waals surface area contributed by atoms with Gasteiger partial charge in [0, 0.05) is 14.1 Å². The van der Waals surface area contributed by atoms with Gasteiger partial charge in [0.1, 0.15) is 0 Å². The van der Waals surface area contributed by atoms with Gasteiger partial charge in [0.15, 0.2) is 0 Å². The smallest absolute Gasteiger partial charge is 0.309 e. The molecule has 0 aromatic heterocycles. The Hall–Kier alpha value is -1.06. The first-order chi connectivity index (χ1) is 4.72. The van der Waals surface area contributed by atoms with Crippen molar-refractivity contribution < 1.29 is 9.59 Å².